The highest BCUT2D eigenvalue weighted by Crippen LogP contribution is 2.23. The highest BCUT2D eigenvalue weighted by atomic mass is 16.5. The van der Waals surface area contributed by atoms with E-state index in [0.29, 0.717) is 25.1 Å². The Labute approximate surface area is 91.5 Å². The van der Waals surface area contributed by atoms with Crippen molar-refractivity contribution in [3.63, 3.8) is 0 Å². The van der Waals surface area contributed by atoms with Gasteiger partial charge in [0, 0.05) is 19.1 Å². The number of nitrogens with one attached hydrogen (secondary N) is 1. The molecule has 1 aliphatic rings. The summed E-state index contributed by atoms with van der Waals surface area (Å²) in [6, 6.07) is 0.319. The second kappa shape index (κ2) is 6.08. The number of rotatable bonds is 6. The van der Waals surface area contributed by atoms with Crippen LogP contribution in [0, 0.1) is 5.92 Å². The highest BCUT2D eigenvalue weighted by Gasteiger charge is 2.30. The van der Waals surface area contributed by atoms with Gasteiger partial charge in [0.05, 0.1) is 6.10 Å². The second-order valence-corrected chi connectivity index (χ2v) is 4.36. The number of nitrogens with two attached hydrogens (primary N) is 1. The van der Waals surface area contributed by atoms with Crippen LogP contribution < -0.4 is 11.1 Å². The molecule has 0 aromatic rings. The SMILES string of the molecule is CCOC1CC(NC(=O)CC(C)CN)C1. The maximum absolute atomic E-state index is 11.5. The minimum atomic E-state index is 0.118. The quantitative estimate of drug-likeness (QED) is 0.682. The summed E-state index contributed by atoms with van der Waals surface area (Å²) < 4.78 is 5.42. The lowest BCUT2D eigenvalue weighted by Crippen LogP contribution is -2.48. The average Bonchev–Trinajstić information content (AvgIpc) is 2.14. The van der Waals surface area contributed by atoms with Crippen LogP contribution in [0.25, 0.3) is 0 Å². The zero-order valence-electron chi connectivity index (χ0n) is 9.66. The zero-order chi connectivity index (χ0) is 11.3. The molecule has 3 N–H and O–H groups in total. The molecular formula is C11H22N2O2. The van der Waals surface area contributed by atoms with Gasteiger partial charge in [-0.2, -0.15) is 0 Å². The first-order valence-corrected chi connectivity index (χ1v) is 5.76. The number of carbonyl (C=O) groups excluding carboxylic acids is 1. The van der Waals surface area contributed by atoms with Gasteiger partial charge in [-0.15, -0.1) is 0 Å². The highest BCUT2D eigenvalue weighted by molar-refractivity contribution is 5.76. The van der Waals surface area contributed by atoms with E-state index in [-0.39, 0.29) is 11.8 Å². The molecule has 0 aromatic carbocycles. The van der Waals surface area contributed by atoms with Gasteiger partial charge in [0.15, 0.2) is 0 Å². The van der Waals surface area contributed by atoms with Crippen LogP contribution in [0.5, 0.6) is 0 Å². The van der Waals surface area contributed by atoms with Crippen LogP contribution in [-0.2, 0) is 9.53 Å². The van der Waals surface area contributed by atoms with Crippen LogP contribution in [0.2, 0.25) is 0 Å². The van der Waals surface area contributed by atoms with Crippen LogP contribution in [-0.4, -0.2) is 31.2 Å². The third-order valence-electron chi connectivity index (χ3n) is 2.80. The monoisotopic (exact) mass is 214 g/mol. The molecule has 1 fully saturated rings. The molecule has 1 saturated carbocycles. The van der Waals surface area contributed by atoms with Gasteiger partial charge in [0.1, 0.15) is 0 Å². The van der Waals surface area contributed by atoms with Crippen LogP contribution in [0.4, 0.5) is 0 Å². The maximum Gasteiger partial charge on any atom is 0.220 e. The summed E-state index contributed by atoms with van der Waals surface area (Å²) in [4.78, 5) is 11.5. The first-order chi connectivity index (χ1) is 7.15. The molecule has 1 aliphatic carbocycles. The van der Waals surface area contributed by atoms with Gasteiger partial charge in [-0.3, -0.25) is 4.79 Å². The summed E-state index contributed by atoms with van der Waals surface area (Å²) in [5, 5.41) is 3.00. The summed E-state index contributed by atoms with van der Waals surface area (Å²) >= 11 is 0. The first kappa shape index (κ1) is 12.5. The van der Waals surface area contributed by atoms with E-state index in [0.717, 1.165) is 19.4 Å². The molecule has 15 heavy (non-hydrogen) atoms. The Bertz CT molecular complexity index is 203. The molecule has 0 saturated heterocycles. The van der Waals surface area contributed by atoms with Crippen LogP contribution >= 0.6 is 0 Å². The Hall–Kier alpha value is -0.610. The Morgan fingerprint density at radius 1 is 1.60 bits per heavy atom. The molecule has 0 heterocycles. The van der Waals surface area contributed by atoms with Crippen molar-refractivity contribution < 1.29 is 9.53 Å². The molecule has 0 bridgehead atoms. The second-order valence-electron chi connectivity index (χ2n) is 4.36. The van der Waals surface area contributed by atoms with Crippen molar-refractivity contribution in [3.8, 4) is 0 Å². The fraction of sp³-hybridized carbons (Fsp3) is 0.909. The lowest BCUT2D eigenvalue weighted by atomic mass is 9.89. The molecule has 0 radical (unpaired) electrons. The van der Waals surface area contributed by atoms with Gasteiger partial charge >= 0.3 is 0 Å². The minimum absolute atomic E-state index is 0.118. The lowest BCUT2D eigenvalue weighted by Gasteiger charge is -2.35. The van der Waals surface area contributed by atoms with E-state index in [9.17, 15) is 4.79 Å². The molecule has 1 unspecified atom stereocenters. The third-order valence-corrected chi connectivity index (χ3v) is 2.80. The predicted octanol–water partition coefficient (Wildman–Crippen LogP) is 0.655. The van der Waals surface area contributed by atoms with Crippen molar-refractivity contribution in [3.05, 3.63) is 0 Å². The summed E-state index contributed by atoms with van der Waals surface area (Å²) in [5.41, 5.74) is 5.46. The number of hydrogen-bond donors (Lipinski definition) is 2. The Morgan fingerprint density at radius 3 is 2.80 bits per heavy atom. The molecule has 0 aromatic heterocycles. The van der Waals surface area contributed by atoms with Crippen molar-refractivity contribution in [2.75, 3.05) is 13.2 Å². The van der Waals surface area contributed by atoms with Gasteiger partial charge in [-0.05, 0) is 32.2 Å². The predicted molar refractivity (Wildman–Crippen MR) is 59.4 cm³/mol. The van der Waals surface area contributed by atoms with E-state index >= 15 is 0 Å². The van der Waals surface area contributed by atoms with Crippen LogP contribution in [0.15, 0.2) is 0 Å². The molecule has 0 spiro atoms. The number of amides is 1. The molecule has 1 rings (SSSR count). The number of hydrogen-bond acceptors (Lipinski definition) is 3. The van der Waals surface area contributed by atoms with Crippen molar-refractivity contribution in [1.29, 1.82) is 0 Å². The fourth-order valence-electron chi connectivity index (χ4n) is 1.74. The van der Waals surface area contributed by atoms with Crippen molar-refractivity contribution in [1.82, 2.24) is 5.32 Å². The largest absolute Gasteiger partial charge is 0.378 e. The average molecular weight is 214 g/mol. The Balaban J connectivity index is 2.08. The van der Waals surface area contributed by atoms with E-state index in [1.807, 2.05) is 13.8 Å². The molecule has 88 valence electrons. The summed E-state index contributed by atoms with van der Waals surface area (Å²) in [7, 11) is 0. The van der Waals surface area contributed by atoms with Gasteiger partial charge in [0.25, 0.3) is 0 Å². The number of carbonyl (C=O) groups is 1. The minimum Gasteiger partial charge on any atom is -0.378 e. The van der Waals surface area contributed by atoms with E-state index in [4.69, 9.17) is 10.5 Å². The van der Waals surface area contributed by atoms with E-state index in [2.05, 4.69) is 5.32 Å². The van der Waals surface area contributed by atoms with Crippen LogP contribution in [0.1, 0.15) is 33.1 Å². The molecule has 4 heteroatoms. The standard InChI is InChI=1S/C11H22N2O2/c1-3-15-10-5-9(6-10)13-11(14)4-8(2)7-12/h8-10H,3-7,12H2,1-2H3,(H,13,14). The van der Waals surface area contributed by atoms with Crippen molar-refractivity contribution >= 4 is 5.91 Å². The lowest BCUT2D eigenvalue weighted by molar-refractivity contribution is -0.124. The molecular weight excluding hydrogens is 192 g/mol. The Kier molecular flexibility index (Phi) is 5.05. The fourth-order valence-corrected chi connectivity index (χ4v) is 1.74. The van der Waals surface area contributed by atoms with E-state index < -0.39 is 0 Å². The maximum atomic E-state index is 11.5. The Morgan fingerprint density at radius 2 is 2.27 bits per heavy atom. The molecule has 4 nitrogen and oxygen atoms in total. The van der Waals surface area contributed by atoms with Crippen molar-refractivity contribution in [2.45, 2.75) is 45.3 Å². The first-order valence-electron chi connectivity index (χ1n) is 5.76. The normalized spacial score (nSPS) is 26.9. The summed E-state index contributed by atoms with van der Waals surface area (Å²) in [5.74, 6) is 0.390. The van der Waals surface area contributed by atoms with Crippen molar-refractivity contribution in [2.24, 2.45) is 11.7 Å². The summed E-state index contributed by atoms with van der Waals surface area (Å²) in [6.45, 7) is 5.31. The summed E-state index contributed by atoms with van der Waals surface area (Å²) in [6.07, 6.45) is 2.80. The molecule has 1 atom stereocenters. The smallest absolute Gasteiger partial charge is 0.220 e. The van der Waals surface area contributed by atoms with E-state index in [1.54, 1.807) is 0 Å². The van der Waals surface area contributed by atoms with E-state index in [1.165, 1.54) is 0 Å². The molecule has 0 aliphatic heterocycles. The third kappa shape index (κ3) is 4.18. The van der Waals surface area contributed by atoms with Gasteiger partial charge < -0.3 is 15.8 Å². The topological polar surface area (TPSA) is 64.3 Å². The van der Waals surface area contributed by atoms with Gasteiger partial charge in [-0.25, -0.2) is 0 Å². The zero-order valence-corrected chi connectivity index (χ0v) is 9.66. The van der Waals surface area contributed by atoms with Crippen LogP contribution in [0.3, 0.4) is 0 Å². The number of ether oxygens (including phenoxy) is 1. The molecule has 1 amide bonds. The van der Waals surface area contributed by atoms with Gasteiger partial charge in [0.2, 0.25) is 5.91 Å². The van der Waals surface area contributed by atoms with Gasteiger partial charge in [-0.1, -0.05) is 6.92 Å².